The van der Waals surface area contributed by atoms with Gasteiger partial charge in [-0.1, -0.05) is 29.8 Å². The molecule has 1 N–H and O–H groups in total. The Labute approximate surface area is 119 Å². The maximum absolute atomic E-state index is 6.10. The summed E-state index contributed by atoms with van der Waals surface area (Å²) in [5, 5.41) is 4.16. The highest BCUT2D eigenvalue weighted by Crippen LogP contribution is 2.22. The molecule has 2 rings (SSSR count). The third-order valence-corrected chi connectivity index (χ3v) is 3.53. The zero-order valence-corrected chi connectivity index (χ0v) is 12.2. The highest BCUT2D eigenvalue weighted by atomic mass is 35.5. The smallest absolute Gasteiger partial charge is 0.121 e. The van der Waals surface area contributed by atoms with Crippen molar-refractivity contribution in [3.63, 3.8) is 0 Å². The standard InChI is InChI=1S/C16H18ClNO/c1-11-4-6-14(9-15(11)17)18-10-13-5-7-16(19-3)12(2)8-13/h4-9,18H,10H2,1-3H3. The molecule has 0 amide bonds. The van der Waals surface area contributed by atoms with Crippen molar-refractivity contribution in [3.05, 3.63) is 58.1 Å². The fraction of sp³-hybridized carbons (Fsp3) is 0.250. The second-order valence-electron chi connectivity index (χ2n) is 4.62. The normalized spacial score (nSPS) is 10.3. The molecule has 0 atom stereocenters. The Hall–Kier alpha value is -1.67. The van der Waals surface area contributed by atoms with Crippen molar-refractivity contribution >= 4 is 17.3 Å². The van der Waals surface area contributed by atoms with Crippen LogP contribution in [0.15, 0.2) is 36.4 Å². The van der Waals surface area contributed by atoms with Gasteiger partial charge in [0.15, 0.2) is 0 Å². The molecule has 0 fully saturated rings. The van der Waals surface area contributed by atoms with Gasteiger partial charge in [0.25, 0.3) is 0 Å². The summed E-state index contributed by atoms with van der Waals surface area (Å²) < 4.78 is 5.25. The number of benzene rings is 2. The van der Waals surface area contributed by atoms with Crippen LogP contribution >= 0.6 is 11.6 Å². The first kappa shape index (κ1) is 13.8. The lowest BCUT2D eigenvalue weighted by Gasteiger charge is -2.10. The summed E-state index contributed by atoms with van der Waals surface area (Å²) >= 11 is 6.10. The van der Waals surface area contributed by atoms with Crippen molar-refractivity contribution in [1.29, 1.82) is 0 Å². The molecule has 0 aliphatic carbocycles. The van der Waals surface area contributed by atoms with Crippen LogP contribution < -0.4 is 10.1 Å². The Kier molecular flexibility index (Phi) is 4.33. The lowest BCUT2D eigenvalue weighted by Crippen LogP contribution is -2.00. The van der Waals surface area contributed by atoms with Crippen molar-refractivity contribution in [2.24, 2.45) is 0 Å². The first-order chi connectivity index (χ1) is 9.10. The predicted octanol–water partition coefficient (Wildman–Crippen LogP) is 4.58. The minimum Gasteiger partial charge on any atom is -0.496 e. The Morgan fingerprint density at radius 3 is 2.47 bits per heavy atom. The van der Waals surface area contributed by atoms with Crippen molar-refractivity contribution in [3.8, 4) is 5.75 Å². The number of methoxy groups -OCH3 is 1. The second-order valence-corrected chi connectivity index (χ2v) is 5.03. The van der Waals surface area contributed by atoms with Crippen molar-refractivity contribution in [1.82, 2.24) is 0 Å². The molecule has 0 heterocycles. The molecular weight excluding hydrogens is 258 g/mol. The summed E-state index contributed by atoms with van der Waals surface area (Å²) in [6.45, 7) is 4.81. The Balaban J connectivity index is 2.05. The van der Waals surface area contributed by atoms with Gasteiger partial charge in [-0.25, -0.2) is 0 Å². The van der Waals surface area contributed by atoms with E-state index in [1.54, 1.807) is 7.11 Å². The molecule has 2 nitrogen and oxygen atoms in total. The van der Waals surface area contributed by atoms with Crippen LogP contribution in [0.1, 0.15) is 16.7 Å². The van der Waals surface area contributed by atoms with E-state index in [0.717, 1.165) is 34.1 Å². The van der Waals surface area contributed by atoms with Crippen LogP contribution in [0.25, 0.3) is 0 Å². The van der Waals surface area contributed by atoms with E-state index >= 15 is 0 Å². The highest BCUT2D eigenvalue weighted by molar-refractivity contribution is 6.31. The SMILES string of the molecule is COc1ccc(CNc2ccc(C)c(Cl)c2)cc1C. The summed E-state index contributed by atoms with van der Waals surface area (Å²) in [4.78, 5) is 0. The van der Waals surface area contributed by atoms with E-state index in [1.165, 1.54) is 5.56 Å². The largest absolute Gasteiger partial charge is 0.496 e. The molecule has 2 aromatic rings. The summed E-state index contributed by atoms with van der Waals surface area (Å²) in [7, 11) is 1.69. The Morgan fingerprint density at radius 2 is 1.84 bits per heavy atom. The molecule has 0 aliphatic rings. The van der Waals surface area contributed by atoms with Crippen LogP contribution in [0.5, 0.6) is 5.75 Å². The summed E-state index contributed by atoms with van der Waals surface area (Å²) in [5.74, 6) is 0.919. The van der Waals surface area contributed by atoms with Crippen LogP contribution in [0.2, 0.25) is 5.02 Å². The molecule has 0 unspecified atom stereocenters. The van der Waals surface area contributed by atoms with Gasteiger partial charge in [0, 0.05) is 17.3 Å². The number of hydrogen-bond donors (Lipinski definition) is 1. The van der Waals surface area contributed by atoms with E-state index in [-0.39, 0.29) is 0 Å². The second kappa shape index (κ2) is 5.98. The van der Waals surface area contributed by atoms with Crippen molar-refractivity contribution < 1.29 is 4.74 Å². The van der Waals surface area contributed by atoms with Crippen LogP contribution in [-0.2, 0) is 6.54 Å². The monoisotopic (exact) mass is 275 g/mol. The summed E-state index contributed by atoms with van der Waals surface area (Å²) in [5.41, 5.74) is 4.48. The van der Waals surface area contributed by atoms with Gasteiger partial charge in [-0.05, 0) is 48.7 Å². The van der Waals surface area contributed by atoms with Crippen LogP contribution in [0.4, 0.5) is 5.69 Å². The fourth-order valence-corrected chi connectivity index (χ4v) is 2.14. The molecule has 0 bridgehead atoms. The van der Waals surface area contributed by atoms with Gasteiger partial charge in [0.2, 0.25) is 0 Å². The predicted molar refractivity (Wildman–Crippen MR) is 81.2 cm³/mol. The number of rotatable bonds is 4. The molecule has 0 aromatic heterocycles. The average Bonchev–Trinajstić information content (AvgIpc) is 2.40. The number of aryl methyl sites for hydroxylation is 2. The van der Waals surface area contributed by atoms with Crippen molar-refractivity contribution in [2.75, 3.05) is 12.4 Å². The molecule has 0 saturated carbocycles. The van der Waals surface area contributed by atoms with Gasteiger partial charge >= 0.3 is 0 Å². The molecule has 100 valence electrons. The molecule has 3 heteroatoms. The summed E-state index contributed by atoms with van der Waals surface area (Å²) in [6.07, 6.45) is 0. The molecule has 2 aromatic carbocycles. The van der Waals surface area contributed by atoms with E-state index in [9.17, 15) is 0 Å². The first-order valence-electron chi connectivity index (χ1n) is 6.23. The van der Waals surface area contributed by atoms with Gasteiger partial charge in [0.1, 0.15) is 5.75 Å². The van der Waals surface area contributed by atoms with Crippen LogP contribution in [0.3, 0.4) is 0 Å². The quantitative estimate of drug-likeness (QED) is 0.882. The molecule has 0 saturated heterocycles. The first-order valence-corrected chi connectivity index (χ1v) is 6.61. The number of hydrogen-bond acceptors (Lipinski definition) is 2. The topological polar surface area (TPSA) is 21.3 Å². The average molecular weight is 276 g/mol. The van der Waals surface area contributed by atoms with E-state index in [4.69, 9.17) is 16.3 Å². The van der Waals surface area contributed by atoms with E-state index < -0.39 is 0 Å². The minimum atomic E-state index is 0.768. The van der Waals surface area contributed by atoms with Gasteiger partial charge in [-0.15, -0.1) is 0 Å². The lowest BCUT2D eigenvalue weighted by atomic mass is 10.1. The third-order valence-electron chi connectivity index (χ3n) is 3.13. The van der Waals surface area contributed by atoms with Gasteiger partial charge < -0.3 is 10.1 Å². The lowest BCUT2D eigenvalue weighted by molar-refractivity contribution is 0.411. The molecule has 19 heavy (non-hydrogen) atoms. The molecule has 0 aliphatic heterocycles. The van der Waals surface area contributed by atoms with E-state index in [1.807, 2.05) is 38.1 Å². The Bertz CT molecular complexity index is 581. The maximum Gasteiger partial charge on any atom is 0.121 e. The number of halogens is 1. The summed E-state index contributed by atoms with van der Waals surface area (Å²) in [6, 6.07) is 12.2. The number of ether oxygens (including phenoxy) is 1. The van der Waals surface area contributed by atoms with E-state index in [0.29, 0.717) is 0 Å². The molecule has 0 spiro atoms. The Morgan fingerprint density at radius 1 is 1.05 bits per heavy atom. The number of nitrogens with one attached hydrogen (secondary N) is 1. The zero-order valence-electron chi connectivity index (χ0n) is 11.5. The van der Waals surface area contributed by atoms with Crippen LogP contribution in [-0.4, -0.2) is 7.11 Å². The fourth-order valence-electron chi connectivity index (χ4n) is 1.96. The third kappa shape index (κ3) is 3.42. The zero-order chi connectivity index (χ0) is 13.8. The maximum atomic E-state index is 6.10. The highest BCUT2D eigenvalue weighted by Gasteiger charge is 2.01. The molecule has 0 radical (unpaired) electrons. The van der Waals surface area contributed by atoms with Gasteiger partial charge in [-0.2, -0.15) is 0 Å². The number of anilines is 1. The minimum absolute atomic E-state index is 0.768. The van der Waals surface area contributed by atoms with Gasteiger partial charge in [0.05, 0.1) is 7.11 Å². The van der Waals surface area contributed by atoms with Crippen molar-refractivity contribution in [2.45, 2.75) is 20.4 Å². The van der Waals surface area contributed by atoms with Gasteiger partial charge in [-0.3, -0.25) is 0 Å². The molecular formula is C16H18ClNO. The van der Waals surface area contributed by atoms with Crippen LogP contribution in [0, 0.1) is 13.8 Å². The van der Waals surface area contributed by atoms with E-state index in [2.05, 4.69) is 17.4 Å².